The van der Waals surface area contributed by atoms with Gasteiger partial charge >= 0.3 is 0 Å². The molecule has 0 unspecified atom stereocenters. The number of rotatable bonds is 4. The molecule has 2 heterocycles. The number of carbonyl (C=O) groups is 1. The molecule has 4 aromatic rings. The lowest BCUT2D eigenvalue weighted by atomic mass is 10.0. The predicted molar refractivity (Wildman–Crippen MR) is 115 cm³/mol. The molecule has 0 spiro atoms. The number of benzene rings is 2. The van der Waals surface area contributed by atoms with E-state index in [0.29, 0.717) is 15.8 Å². The molecule has 0 aliphatic rings. The van der Waals surface area contributed by atoms with Gasteiger partial charge in [-0.2, -0.15) is 5.10 Å². The fraction of sp³-hybridized carbons (Fsp3) is 0.143. The SMILES string of the molecule is Cc1sc2ncn(CC(=O)N/N=C/c3c(O)ccc4ccccc34)c(=O)c2c1C. The molecule has 2 N–H and O–H groups in total. The van der Waals surface area contributed by atoms with Crippen LogP contribution in [0.15, 0.2) is 52.6 Å². The highest BCUT2D eigenvalue weighted by Crippen LogP contribution is 2.26. The highest BCUT2D eigenvalue weighted by atomic mass is 32.1. The van der Waals surface area contributed by atoms with E-state index in [9.17, 15) is 14.7 Å². The molecule has 0 radical (unpaired) electrons. The molecule has 2 aromatic carbocycles. The molecule has 0 aliphatic carbocycles. The number of hydrazone groups is 1. The molecular weight excluding hydrogens is 388 g/mol. The van der Waals surface area contributed by atoms with Crippen LogP contribution in [-0.4, -0.2) is 26.8 Å². The Balaban J connectivity index is 1.54. The number of thiophene rings is 1. The molecule has 4 rings (SSSR count). The zero-order chi connectivity index (χ0) is 20.5. The van der Waals surface area contributed by atoms with Crippen molar-refractivity contribution in [2.24, 2.45) is 5.10 Å². The third-order valence-corrected chi connectivity index (χ3v) is 5.92. The molecule has 146 valence electrons. The van der Waals surface area contributed by atoms with Crippen molar-refractivity contribution in [3.63, 3.8) is 0 Å². The summed E-state index contributed by atoms with van der Waals surface area (Å²) in [5.41, 5.74) is 3.55. The topological polar surface area (TPSA) is 96.6 Å². The van der Waals surface area contributed by atoms with E-state index >= 15 is 0 Å². The third kappa shape index (κ3) is 3.50. The second-order valence-corrected chi connectivity index (χ2v) is 7.86. The standard InChI is InChI=1S/C21H18N4O3S/c1-12-13(2)29-20-19(12)21(28)25(11-22-20)10-18(27)24-23-9-16-15-6-4-3-5-14(15)7-8-17(16)26/h3-9,11,26H,10H2,1-2H3,(H,24,27)/b23-9+. The predicted octanol–water partition coefficient (Wildman–Crippen LogP) is 3.08. The number of phenolic OH excluding ortho intramolecular Hbond substituents is 1. The number of fused-ring (bicyclic) bond motifs is 2. The van der Waals surface area contributed by atoms with Crippen LogP contribution in [0.2, 0.25) is 0 Å². The number of hydrogen-bond acceptors (Lipinski definition) is 6. The van der Waals surface area contributed by atoms with Crippen LogP contribution < -0.4 is 11.0 Å². The number of hydrogen-bond donors (Lipinski definition) is 2. The van der Waals surface area contributed by atoms with E-state index in [1.165, 1.54) is 28.4 Å². The molecule has 29 heavy (non-hydrogen) atoms. The Kier molecular flexibility index (Phi) is 4.85. The van der Waals surface area contributed by atoms with Gasteiger partial charge in [-0.3, -0.25) is 14.2 Å². The van der Waals surface area contributed by atoms with Crippen molar-refractivity contribution in [2.75, 3.05) is 0 Å². The second-order valence-electron chi connectivity index (χ2n) is 6.65. The maximum Gasteiger partial charge on any atom is 0.262 e. The van der Waals surface area contributed by atoms with Crippen LogP contribution in [0.3, 0.4) is 0 Å². The number of phenols is 1. The summed E-state index contributed by atoms with van der Waals surface area (Å²) in [6, 6.07) is 10.9. The van der Waals surface area contributed by atoms with Gasteiger partial charge in [0.1, 0.15) is 17.1 Å². The number of carbonyl (C=O) groups excluding carboxylic acids is 1. The van der Waals surface area contributed by atoms with Crippen molar-refractivity contribution < 1.29 is 9.90 Å². The van der Waals surface area contributed by atoms with E-state index in [4.69, 9.17) is 0 Å². The molecule has 1 amide bonds. The number of nitrogens with zero attached hydrogens (tertiary/aromatic N) is 3. The van der Waals surface area contributed by atoms with E-state index in [2.05, 4.69) is 15.5 Å². The Morgan fingerprint density at radius 2 is 2.07 bits per heavy atom. The second kappa shape index (κ2) is 7.48. The first-order chi connectivity index (χ1) is 14.0. The number of aromatic hydroxyl groups is 1. The van der Waals surface area contributed by atoms with Crippen LogP contribution in [0.5, 0.6) is 5.75 Å². The van der Waals surface area contributed by atoms with Gasteiger partial charge in [0.05, 0.1) is 17.9 Å². The van der Waals surface area contributed by atoms with Crippen LogP contribution >= 0.6 is 11.3 Å². The van der Waals surface area contributed by atoms with Gasteiger partial charge in [0.2, 0.25) is 0 Å². The number of aromatic nitrogens is 2. The Labute approximate surface area is 169 Å². The number of nitrogens with one attached hydrogen (secondary N) is 1. The van der Waals surface area contributed by atoms with Gasteiger partial charge in [0, 0.05) is 10.4 Å². The molecular formula is C21H18N4O3S. The smallest absolute Gasteiger partial charge is 0.262 e. The van der Waals surface area contributed by atoms with Crippen LogP contribution in [0.4, 0.5) is 0 Å². The molecule has 0 saturated heterocycles. The summed E-state index contributed by atoms with van der Waals surface area (Å²) in [4.78, 5) is 30.9. The summed E-state index contributed by atoms with van der Waals surface area (Å²) < 4.78 is 1.27. The highest BCUT2D eigenvalue weighted by molar-refractivity contribution is 7.18. The van der Waals surface area contributed by atoms with E-state index in [1.54, 1.807) is 6.07 Å². The fourth-order valence-electron chi connectivity index (χ4n) is 3.16. The zero-order valence-corrected chi connectivity index (χ0v) is 16.7. The minimum atomic E-state index is -0.464. The lowest BCUT2D eigenvalue weighted by Crippen LogP contribution is -2.30. The molecule has 0 atom stereocenters. The number of aryl methyl sites for hydroxylation is 2. The molecule has 2 aromatic heterocycles. The van der Waals surface area contributed by atoms with Gasteiger partial charge in [-0.05, 0) is 36.2 Å². The Bertz CT molecular complexity index is 1340. The van der Waals surface area contributed by atoms with Crippen LogP contribution in [-0.2, 0) is 11.3 Å². The summed E-state index contributed by atoms with van der Waals surface area (Å²) in [5.74, 6) is -0.398. The van der Waals surface area contributed by atoms with E-state index in [0.717, 1.165) is 21.2 Å². The summed E-state index contributed by atoms with van der Waals surface area (Å²) in [6.45, 7) is 3.62. The van der Waals surface area contributed by atoms with Crippen molar-refractivity contribution in [1.29, 1.82) is 0 Å². The van der Waals surface area contributed by atoms with Gasteiger partial charge in [0.25, 0.3) is 11.5 Å². The first-order valence-electron chi connectivity index (χ1n) is 8.93. The summed E-state index contributed by atoms with van der Waals surface area (Å²) in [5, 5.41) is 16.4. The largest absolute Gasteiger partial charge is 0.507 e. The summed E-state index contributed by atoms with van der Waals surface area (Å²) >= 11 is 1.46. The third-order valence-electron chi connectivity index (χ3n) is 4.80. The molecule has 0 bridgehead atoms. The average molecular weight is 406 g/mol. The van der Waals surface area contributed by atoms with Gasteiger partial charge in [-0.15, -0.1) is 11.3 Å². The van der Waals surface area contributed by atoms with Gasteiger partial charge in [0.15, 0.2) is 0 Å². The monoisotopic (exact) mass is 406 g/mol. The zero-order valence-electron chi connectivity index (χ0n) is 15.8. The van der Waals surface area contributed by atoms with Crippen LogP contribution in [0, 0.1) is 13.8 Å². The molecule has 0 saturated carbocycles. The van der Waals surface area contributed by atoms with E-state index in [1.807, 2.05) is 44.2 Å². The Morgan fingerprint density at radius 3 is 2.90 bits per heavy atom. The first kappa shape index (κ1) is 18.8. The molecule has 8 heteroatoms. The van der Waals surface area contributed by atoms with Crippen molar-refractivity contribution >= 4 is 44.4 Å². The van der Waals surface area contributed by atoms with Gasteiger partial charge in [-0.25, -0.2) is 10.4 Å². The van der Waals surface area contributed by atoms with Crippen molar-refractivity contribution in [3.05, 3.63) is 69.1 Å². The van der Waals surface area contributed by atoms with Crippen LogP contribution in [0.1, 0.15) is 16.0 Å². The maximum absolute atomic E-state index is 12.7. The van der Waals surface area contributed by atoms with Crippen molar-refractivity contribution in [2.45, 2.75) is 20.4 Å². The lowest BCUT2D eigenvalue weighted by molar-refractivity contribution is -0.121. The Hall–Kier alpha value is -3.52. The van der Waals surface area contributed by atoms with E-state index in [-0.39, 0.29) is 17.9 Å². The maximum atomic E-state index is 12.7. The average Bonchev–Trinajstić information content (AvgIpc) is 3.00. The quantitative estimate of drug-likeness (QED) is 0.402. The van der Waals surface area contributed by atoms with Gasteiger partial charge in [-0.1, -0.05) is 30.3 Å². The fourth-order valence-corrected chi connectivity index (χ4v) is 4.15. The summed E-state index contributed by atoms with van der Waals surface area (Å²) in [6.07, 6.45) is 2.77. The van der Waals surface area contributed by atoms with E-state index < -0.39 is 5.91 Å². The summed E-state index contributed by atoms with van der Waals surface area (Å²) in [7, 11) is 0. The minimum Gasteiger partial charge on any atom is -0.507 e. The molecule has 0 aliphatic heterocycles. The molecule has 0 fully saturated rings. The normalized spacial score (nSPS) is 11.5. The first-order valence-corrected chi connectivity index (χ1v) is 9.75. The minimum absolute atomic E-state index is 0.0656. The van der Waals surface area contributed by atoms with Crippen LogP contribution in [0.25, 0.3) is 21.0 Å². The van der Waals surface area contributed by atoms with Gasteiger partial charge < -0.3 is 5.11 Å². The number of amides is 1. The van der Waals surface area contributed by atoms with Crippen molar-refractivity contribution in [3.8, 4) is 5.75 Å². The lowest BCUT2D eigenvalue weighted by Gasteiger charge is -2.06. The molecule has 7 nitrogen and oxygen atoms in total. The van der Waals surface area contributed by atoms with Crippen molar-refractivity contribution in [1.82, 2.24) is 15.0 Å². The Morgan fingerprint density at radius 1 is 1.28 bits per heavy atom. The highest BCUT2D eigenvalue weighted by Gasteiger charge is 2.13.